The van der Waals surface area contributed by atoms with Crippen molar-refractivity contribution in [3.05, 3.63) is 75.8 Å². The Kier molecular flexibility index (Phi) is 7.71. The molecule has 0 aliphatic heterocycles. The summed E-state index contributed by atoms with van der Waals surface area (Å²) in [5, 5.41) is 15.9. The fraction of sp³-hybridized carbons (Fsp3) is 0.273. The molecule has 3 aromatic rings. The van der Waals surface area contributed by atoms with Crippen LogP contribution in [0.5, 0.6) is 11.5 Å². The Morgan fingerprint density at radius 2 is 1.94 bits per heavy atom. The summed E-state index contributed by atoms with van der Waals surface area (Å²) in [6.07, 6.45) is 2.56. The predicted octanol–water partition coefficient (Wildman–Crippen LogP) is 1.14. The number of tetrazole rings is 1. The Morgan fingerprint density at radius 1 is 1.20 bits per heavy atom. The molecule has 0 bridgehead atoms. The second-order valence-corrected chi connectivity index (χ2v) is 9.59. The smallest absolute Gasteiger partial charge is 0.368 e. The van der Waals surface area contributed by atoms with Crippen LogP contribution in [-0.2, 0) is 23.9 Å². The fourth-order valence-electron chi connectivity index (χ4n) is 3.09. The van der Waals surface area contributed by atoms with Gasteiger partial charge >= 0.3 is 15.9 Å². The molecule has 0 atom stereocenters. The molecule has 13 heteroatoms. The summed E-state index contributed by atoms with van der Waals surface area (Å²) in [6, 6.07) is 10.4. The molecule has 0 aliphatic carbocycles. The highest BCUT2D eigenvalue weighted by Crippen LogP contribution is 2.27. The molecule has 35 heavy (non-hydrogen) atoms. The summed E-state index contributed by atoms with van der Waals surface area (Å²) in [5.41, 5.74) is 2.17. The van der Waals surface area contributed by atoms with E-state index < -0.39 is 15.9 Å². The third kappa shape index (κ3) is 5.75. The molecular formula is C22H27N7O5S. The van der Waals surface area contributed by atoms with Crippen LogP contribution in [0.25, 0.3) is 5.69 Å². The number of benzene rings is 2. The van der Waals surface area contributed by atoms with Gasteiger partial charge in [-0.1, -0.05) is 6.07 Å². The number of rotatable bonds is 10. The number of aryl methyl sites for hydroxylation is 2. The fourth-order valence-corrected chi connectivity index (χ4v) is 3.54. The molecular weight excluding hydrogens is 474 g/mol. The van der Waals surface area contributed by atoms with E-state index in [-0.39, 0.29) is 12.3 Å². The van der Waals surface area contributed by atoms with Crippen molar-refractivity contribution in [3.63, 3.8) is 0 Å². The molecule has 0 fully saturated rings. The van der Waals surface area contributed by atoms with Crippen molar-refractivity contribution in [2.45, 2.75) is 13.5 Å². The van der Waals surface area contributed by atoms with Gasteiger partial charge in [-0.25, -0.2) is 4.79 Å². The molecule has 0 unspecified atom stereocenters. The summed E-state index contributed by atoms with van der Waals surface area (Å²) in [5.74, 6) is 1.10. The summed E-state index contributed by atoms with van der Waals surface area (Å²) in [6.45, 7) is 1.92. The van der Waals surface area contributed by atoms with Gasteiger partial charge in [0.1, 0.15) is 18.1 Å². The highest BCUT2D eigenvalue weighted by atomic mass is 32.2. The maximum atomic E-state index is 12.4. The molecule has 1 aromatic heterocycles. The van der Waals surface area contributed by atoms with Gasteiger partial charge in [-0.05, 0) is 64.9 Å². The molecule has 12 nitrogen and oxygen atoms in total. The molecule has 0 aliphatic rings. The maximum Gasteiger partial charge on any atom is 0.368 e. The quantitative estimate of drug-likeness (QED) is 0.396. The zero-order chi connectivity index (χ0) is 25.8. The van der Waals surface area contributed by atoms with Crippen molar-refractivity contribution in [3.8, 4) is 17.2 Å². The maximum absolute atomic E-state index is 12.4. The zero-order valence-corrected chi connectivity index (χ0v) is 20.8. The van der Waals surface area contributed by atoms with Gasteiger partial charge in [0.15, 0.2) is 0 Å². The number of aromatic nitrogens is 4. The number of nitrogens with zero attached hydrogens (tertiary/aromatic N) is 5. The van der Waals surface area contributed by atoms with Crippen LogP contribution in [0.4, 0.5) is 0 Å². The van der Waals surface area contributed by atoms with Crippen molar-refractivity contribution in [2.24, 2.45) is 7.05 Å². The second kappa shape index (κ2) is 10.5. The van der Waals surface area contributed by atoms with E-state index in [1.165, 1.54) is 45.2 Å². The first-order chi connectivity index (χ1) is 16.5. The van der Waals surface area contributed by atoms with E-state index in [2.05, 4.69) is 15.1 Å². The lowest BCUT2D eigenvalue weighted by molar-refractivity contribution is 0.294. The first-order valence-corrected chi connectivity index (χ1v) is 11.8. The van der Waals surface area contributed by atoms with Gasteiger partial charge in [-0.15, -0.1) is 0 Å². The number of hydrogen-bond acceptors (Lipinski definition) is 8. The van der Waals surface area contributed by atoms with Gasteiger partial charge in [-0.2, -0.15) is 22.1 Å². The van der Waals surface area contributed by atoms with Crippen LogP contribution in [0.1, 0.15) is 16.7 Å². The zero-order valence-electron chi connectivity index (χ0n) is 20.0. The molecule has 2 aromatic carbocycles. The molecule has 0 saturated carbocycles. The number of nitrogens with one attached hydrogen (secondary N) is 2. The van der Waals surface area contributed by atoms with Crippen molar-refractivity contribution in [1.82, 2.24) is 28.8 Å². The topological polar surface area (TPSA) is 144 Å². The van der Waals surface area contributed by atoms with Crippen LogP contribution < -0.4 is 19.9 Å². The van der Waals surface area contributed by atoms with Crippen molar-refractivity contribution < 1.29 is 17.9 Å². The minimum absolute atomic E-state index is 0.0895. The third-order valence-electron chi connectivity index (χ3n) is 5.08. The lowest BCUT2D eigenvalue weighted by Crippen LogP contribution is -2.32. The SMILES string of the molecule is COc1cccc(-n2nnn(C)c2=O)c1COc1ccc(C(=N)/C=C\NS(=O)(=O)N(C)C)cc1C. The van der Waals surface area contributed by atoms with Gasteiger partial charge < -0.3 is 14.9 Å². The van der Waals surface area contributed by atoms with Crippen molar-refractivity contribution in [1.29, 1.82) is 5.41 Å². The first-order valence-electron chi connectivity index (χ1n) is 10.4. The number of allylic oxidation sites excluding steroid dienone is 1. The Balaban J connectivity index is 1.79. The van der Waals surface area contributed by atoms with E-state index in [1.54, 1.807) is 36.4 Å². The Morgan fingerprint density at radius 3 is 2.54 bits per heavy atom. The van der Waals surface area contributed by atoms with Gasteiger partial charge in [0.25, 0.3) is 0 Å². The lowest BCUT2D eigenvalue weighted by Gasteiger charge is -2.15. The minimum Gasteiger partial charge on any atom is -0.496 e. The summed E-state index contributed by atoms with van der Waals surface area (Å²) in [7, 11) is 2.23. The lowest BCUT2D eigenvalue weighted by atomic mass is 10.1. The molecule has 2 N–H and O–H groups in total. The molecule has 0 spiro atoms. The number of ether oxygens (including phenoxy) is 2. The monoisotopic (exact) mass is 501 g/mol. The Labute approximate surface area is 203 Å². The van der Waals surface area contributed by atoms with Gasteiger partial charge in [0, 0.05) is 27.3 Å². The van der Waals surface area contributed by atoms with Gasteiger partial charge in [0.2, 0.25) is 0 Å². The van der Waals surface area contributed by atoms with Crippen LogP contribution in [0, 0.1) is 12.3 Å². The van der Waals surface area contributed by atoms with E-state index in [9.17, 15) is 13.2 Å². The van der Waals surface area contributed by atoms with Gasteiger partial charge in [0.05, 0.1) is 24.1 Å². The normalized spacial score (nSPS) is 11.7. The van der Waals surface area contributed by atoms with Crippen molar-refractivity contribution >= 4 is 15.9 Å². The van der Waals surface area contributed by atoms with Crippen LogP contribution >= 0.6 is 0 Å². The van der Waals surface area contributed by atoms with Crippen LogP contribution in [0.2, 0.25) is 0 Å². The van der Waals surface area contributed by atoms with Crippen LogP contribution in [0.3, 0.4) is 0 Å². The van der Waals surface area contributed by atoms with E-state index >= 15 is 0 Å². The average Bonchev–Trinajstić information content (AvgIpc) is 3.15. The molecule has 186 valence electrons. The second-order valence-electron chi connectivity index (χ2n) is 7.68. The molecule has 0 radical (unpaired) electrons. The molecule has 1 heterocycles. The number of hydrogen-bond donors (Lipinski definition) is 2. The van der Waals surface area contributed by atoms with Crippen LogP contribution in [0.15, 0.2) is 53.5 Å². The highest BCUT2D eigenvalue weighted by molar-refractivity contribution is 7.87. The van der Waals surface area contributed by atoms with E-state index in [1.807, 2.05) is 6.92 Å². The van der Waals surface area contributed by atoms with E-state index in [4.69, 9.17) is 14.9 Å². The Bertz CT molecular complexity index is 1420. The largest absolute Gasteiger partial charge is 0.496 e. The third-order valence-corrected chi connectivity index (χ3v) is 6.48. The van der Waals surface area contributed by atoms with E-state index in [0.717, 1.165) is 14.6 Å². The minimum atomic E-state index is -3.62. The first kappa shape index (κ1) is 25.6. The van der Waals surface area contributed by atoms with Gasteiger partial charge in [-0.3, -0.25) is 4.72 Å². The molecule has 0 saturated heterocycles. The predicted molar refractivity (Wildman–Crippen MR) is 130 cm³/mol. The molecule has 0 amide bonds. The standard InChI is InChI=1S/C22H27N7O5S/c1-15-13-16(18(23)11-12-24-35(31,32)27(2)3)9-10-20(15)34-14-17-19(7-6-8-21(17)33-5)29-22(30)28(4)25-26-29/h6-13,23-24H,14H2,1-5H3/b12-11-,23-18?. The van der Waals surface area contributed by atoms with E-state index in [0.29, 0.717) is 28.3 Å². The summed E-state index contributed by atoms with van der Waals surface area (Å²) in [4.78, 5) is 12.4. The number of methoxy groups -OCH3 is 1. The Hall–Kier alpha value is -3.97. The average molecular weight is 502 g/mol. The summed E-state index contributed by atoms with van der Waals surface area (Å²) < 4.78 is 40.6. The molecule has 3 rings (SSSR count). The highest BCUT2D eigenvalue weighted by Gasteiger charge is 2.16. The van der Waals surface area contributed by atoms with Crippen LogP contribution in [-0.4, -0.2) is 59.4 Å². The summed E-state index contributed by atoms with van der Waals surface area (Å²) >= 11 is 0. The van der Waals surface area contributed by atoms with Crippen molar-refractivity contribution in [2.75, 3.05) is 21.2 Å².